The van der Waals surface area contributed by atoms with Crippen molar-refractivity contribution in [2.24, 2.45) is 0 Å². The van der Waals surface area contributed by atoms with Crippen LogP contribution in [-0.4, -0.2) is 51.6 Å². The number of rotatable bonds is 9. The molecule has 3 N–H and O–H groups in total. The zero-order chi connectivity index (χ0) is 24.8. The Morgan fingerprint density at radius 1 is 1.03 bits per heavy atom. The second-order valence-electron chi connectivity index (χ2n) is 8.51. The highest BCUT2D eigenvalue weighted by atomic mass is 16.4. The third-order valence-electron chi connectivity index (χ3n) is 5.85. The molecule has 178 valence electrons. The number of phenols is 1. The number of carboxylic acids is 1. The van der Waals surface area contributed by atoms with Crippen LogP contribution < -0.4 is 5.32 Å². The molecule has 0 aliphatic rings. The molecule has 0 radical (unpaired) electrons. The summed E-state index contributed by atoms with van der Waals surface area (Å²) in [6.45, 7) is 5.91. The number of carbonyl (C=O) groups is 2. The van der Waals surface area contributed by atoms with Gasteiger partial charge in [0.2, 0.25) is 0 Å². The topological polar surface area (TPSA) is 103 Å². The van der Waals surface area contributed by atoms with Crippen LogP contribution in [0.3, 0.4) is 0 Å². The van der Waals surface area contributed by atoms with E-state index in [1.165, 1.54) is 17.0 Å². The first-order valence-electron chi connectivity index (χ1n) is 11.2. The summed E-state index contributed by atoms with van der Waals surface area (Å²) < 4.78 is 0. The van der Waals surface area contributed by atoms with Crippen molar-refractivity contribution in [1.29, 1.82) is 0 Å². The predicted octanol–water partition coefficient (Wildman–Crippen LogP) is 4.13. The van der Waals surface area contributed by atoms with Crippen LogP contribution >= 0.6 is 0 Å². The number of amides is 1. The summed E-state index contributed by atoms with van der Waals surface area (Å²) in [5.74, 6) is -0.587. The molecule has 34 heavy (non-hydrogen) atoms. The molecular weight excluding hydrogens is 430 g/mol. The quantitative estimate of drug-likeness (QED) is 0.443. The molecule has 1 heterocycles. The first-order valence-corrected chi connectivity index (χ1v) is 11.2. The van der Waals surface area contributed by atoms with Crippen LogP contribution in [0.2, 0.25) is 0 Å². The minimum atomic E-state index is -1.08. The number of nitrogens with one attached hydrogen (secondary N) is 1. The fourth-order valence-electron chi connectivity index (χ4n) is 4.24. The van der Waals surface area contributed by atoms with E-state index >= 15 is 0 Å². The summed E-state index contributed by atoms with van der Waals surface area (Å²) >= 11 is 0. The Balaban J connectivity index is 1.99. The van der Waals surface area contributed by atoms with E-state index in [-0.39, 0.29) is 24.6 Å². The molecule has 0 bridgehead atoms. The molecule has 3 aromatic rings. The van der Waals surface area contributed by atoms with Crippen molar-refractivity contribution < 1.29 is 19.8 Å². The van der Waals surface area contributed by atoms with Crippen LogP contribution in [0.4, 0.5) is 5.82 Å². The maximum absolute atomic E-state index is 13.8. The lowest BCUT2D eigenvalue weighted by molar-refractivity contribution is -0.142. The number of carbonyl (C=O) groups excluding carboxylic acids is 1. The SMILES string of the molecule is CNc1cccc(CCN(C(=O)c2c(C)cc(C)cc2C)[C@@H](Cc2ccc(O)cc2)C(=O)O)n1. The lowest BCUT2D eigenvalue weighted by atomic mass is 9.96. The van der Waals surface area contributed by atoms with Gasteiger partial charge in [0, 0.05) is 37.7 Å². The predicted molar refractivity (Wildman–Crippen MR) is 132 cm³/mol. The fourth-order valence-corrected chi connectivity index (χ4v) is 4.24. The normalized spacial score (nSPS) is 11.6. The third-order valence-corrected chi connectivity index (χ3v) is 5.85. The number of hydrogen-bond acceptors (Lipinski definition) is 5. The van der Waals surface area contributed by atoms with Crippen molar-refractivity contribution in [3.63, 3.8) is 0 Å². The minimum absolute atomic E-state index is 0.102. The maximum Gasteiger partial charge on any atom is 0.326 e. The number of hydrogen-bond donors (Lipinski definition) is 3. The highest BCUT2D eigenvalue weighted by Crippen LogP contribution is 2.22. The third kappa shape index (κ3) is 5.92. The Morgan fingerprint density at radius 2 is 1.68 bits per heavy atom. The van der Waals surface area contributed by atoms with Gasteiger partial charge < -0.3 is 20.4 Å². The number of benzene rings is 2. The fraction of sp³-hybridized carbons (Fsp3) is 0.296. The number of phenolic OH excluding ortho intramolecular Hbond substituents is 1. The molecule has 0 aliphatic carbocycles. The Hall–Kier alpha value is -3.87. The number of aromatic nitrogens is 1. The van der Waals surface area contributed by atoms with Gasteiger partial charge in [0.05, 0.1) is 0 Å². The maximum atomic E-state index is 13.8. The molecule has 7 heteroatoms. The minimum Gasteiger partial charge on any atom is -0.508 e. The molecule has 1 atom stereocenters. The van der Waals surface area contributed by atoms with Gasteiger partial charge in [0.1, 0.15) is 17.6 Å². The monoisotopic (exact) mass is 461 g/mol. The van der Waals surface area contributed by atoms with E-state index in [2.05, 4.69) is 10.3 Å². The van der Waals surface area contributed by atoms with Gasteiger partial charge in [-0.05, 0) is 61.7 Å². The number of aliphatic carboxylic acids is 1. The Morgan fingerprint density at radius 3 is 2.26 bits per heavy atom. The summed E-state index contributed by atoms with van der Waals surface area (Å²) in [7, 11) is 1.78. The van der Waals surface area contributed by atoms with Gasteiger partial charge in [-0.1, -0.05) is 35.9 Å². The van der Waals surface area contributed by atoms with E-state index in [1.54, 1.807) is 19.2 Å². The van der Waals surface area contributed by atoms with Gasteiger partial charge in [0.15, 0.2) is 0 Å². The molecule has 0 fully saturated rings. The zero-order valence-electron chi connectivity index (χ0n) is 20.0. The molecule has 0 aliphatic heterocycles. The number of pyridine rings is 1. The lowest BCUT2D eigenvalue weighted by Crippen LogP contribution is -2.47. The van der Waals surface area contributed by atoms with Crippen molar-refractivity contribution in [2.45, 2.75) is 39.7 Å². The number of anilines is 1. The van der Waals surface area contributed by atoms with Crippen LogP contribution in [0.1, 0.15) is 38.3 Å². The molecule has 0 saturated carbocycles. The summed E-state index contributed by atoms with van der Waals surface area (Å²) in [5, 5.41) is 22.7. The van der Waals surface area contributed by atoms with Gasteiger partial charge in [-0.2, -0.15) is 0 Å². The molecule has 0 unspecified atom stereocenters. The smallest absolute Gasteiger partial charge is 0.326 e. The summed E-state index contributed by atoms with van der Waals surface area (Å²) in [5.41, 5.74) is 4.68. The summed E-state index contributed by atoms with van der Waals surface area (Å²) in [4.78, 5) is 32.2. The van der Waals surface area contributed by atoms with Crippen molar-refractivity contribution in [1.82, 2.24) is 9.88 Å². The first kappa shape index (κ1) is 24.8. The van der Waals surface area contributed by atoms with Crippen molar-refractivity contribution in [3.8, 4) is 5.75 Å². The summed E-state index contributed by atoms with van der Waals surface area (Å²) in [6, 6.07) is 14.8. The average molecular weight is 462 g/mol. The first-order chi connectivity index (χ1) is 16.2. The Kier molecular flexibility index (Phi) is 7.89. The number of nitrogens with zero attached hydrogens (tertiary/aromatic N) is 2. The molecule has 0 saturated heterocycles. The Bertz CT molecular complexity index is 1150. The van der Waals surface area contributed by atoms with Crippen LogP contribution in [-0.2, 0) is 17.6 Å². The van der Waals surface area contributed by atoms with E-state index < -0.39 is 12.0 Å². The average Bonchev–Trinajstić information content (AvgIpc) is 2.79. The van der Waals surface area contributed by atoms with Gasteiger partial charge in [0.25, 0.3) is 5.91 Å². The standard InChI is InChI=1S/C27H31N3O4/c1-17-14-18(2)25(19(3)15-17)26(32)30(13-12-21-6-5-7-24(28-4)29-21)23(27(33)34)16-20-8-10-22(31)11-9-20/h5-11,14-15,23,31H,12-13,16H2,1-4H3,(H,28,29)(H,33,34)/t23-/m0/s1. The highest BCUT2D eigenvalue weighted by Gasteiger charge is 2.32. The summed E-state index contributed by atoms with van der Waals surface area (Å²) in [6.07, 6.45) is 0.528. The van der Waals surface area contributed by atoms with Crippen molar-refractivity contribution in [2.75, 3.05) is 18.9 Å². The molecule has 3 rings (SSSR count). The number of aryl methyl sites for hydroxylation is 3. The van der Waals surface area contributed by atoms with Crippen molar-refractivity contribution >= 4 is 17.7 Å². The van der Waals surface area contributed by atoms with E-state index in [9.17, 15) is 19.8 Å². The van der Waals surface area contributed by atoms with Crippen LogP contribution in [0.15, 0.2) is 54.6 Å². The highest BCUT2D eigenvalue weighted by molar-refractivity contribution is 5.99. The molecule has 0 spiro atoms. The number of aromatic hydroxyl groups is 1. The molecule has 2 aromatic carbocycles. The van der Waals surface area contributed by atoms with Crippen LogP contribution in [0, 0.1) is 20.8 Å². The molecular formula is C27H31N3O4. The van der Waals surface area contributed by atoms with E-state index in [4.69, 9.17) is 0 Å². The van der Waals surface area contributed by atoms with E-state index in [0.717, 1.165) is 27.9 Å². The van der Waals surface area contributed by atoms with Gasteiger partial charge in [-0.15, -0.1) is 0 Å². The van der Waals surface area contributed by atoms with Gasteiger partial charge in [-0.25, -0.2) is 9.78 Å². The molecule has 7 nitrogen and oxygen atoms in total. The Labute approximate surface area is 200 Å². The lowest BCUT2D eigenvalue weighted by Gasteiger charge is -2.30. The number of carboxylic acid groups (broad SMARTS) is 1. The second kappa shape index (κ2) is 10.8. The zero-order valence-corrected chi connectivity index (χ0v) is 20.0. The second-order valence-corrected chi connectivity index (χ2v) is 8.51. The van der Waals surface area contributed by atoms with E-state index in [1.807, 2.05) is 51.1 Å². The van der Waals surface area contributed by atoms with Crippen LogP contribution in [0.5, 0.6) is 5.75 Å². The van der Waals surface area contributed by atoms with Gasteiger partial charge in [-0.3, -0.25) is 4.79 Å². The van der Waals surface area contributed by atoms with E-state index in [0.29, 0.717) is 17.8 Å². The van der Waals surface area contributed by atoms with Crippen LogP contribution in [0.25, 0.3) is 0 Å². The molecule has 1 aromatic heterocycles. The van der Waals surface area contributed by atoms with Gasteiger partial charge >= 0.3 is 5.97 Å². The van der Waals surface area contributed by atoms with Crippen molar-refractivity contribution in [3.05, 3.63) is 88.1 Å². The molecule has 1 amide bonds. The largest absolute Gasteiger partial charge is 0.508 e.